The molecule has 6 nitrogen and oxygen atoms in total. The van der Waals surface area contributed by atoms with E-state index in [1.807, 2.05) is 25.1 Å². The Balaban J connectivity index is 1.91. The minimum absolute atomic E-state index is 0.208. The second-order valence-electron chi connectivity index (χ2n) is 5.40. The minimum atomic E-state index is 0.208. The lowest BCUT2D eigenvalue weighted by Crippen LogP contribution is -1.94. The van der Waals surface area contributed by atoms with Crippen molar-refractivity contribution in [2.24, 2.45) is 4.99 Å². The van der Waals surface area contributed by atoms with Crippen molar-refractivity contribution in [1.82, 2.24) is 19.6 Å². The lowest BCUT2D eigenvalue weighted by molar-refractivity contribution is 0.475. The van der Waals surface area contributed by atoms with Crippen molar-refractivity contribution in [3.8, 4) is 5.75 Å². The van der Waals surface area contributed by atoms with Gasteiger partial charge in [-0.3, -0.25) is 4.40 Å². The number of hydrogen-bond donors (Lipinski definition) is 1. The molecule has 0 aliphatic carbocycles. The molecular weight excluding hydrogens is 326 g/mol. The third kappa shape index (κ3) is 2.47. The van der Waals surface area contributed by atoms with Gasteiger partial charge in [0.2, 0.25) is 5.65 Å². The maximum Gasteiger partial charge on any atom is 0.255 e. The van der Waals surface area contributed by atoms with E-state index in [4.69, 9.17) is 11.6 Å². The molecule has 7 heteroatoms. The van der Waals surface area contributed by atoms with Crippen LogP contribution in [0.25, 0.3) is 16.7 Å². The first-order chi connectivity index (χ1) is 11.6. The summed E-state index contributed by atoms with van der Waals surface area (Å²) >= 11 is 6.21. The normalized spacial score (nSPS) is 11.8. The fraction of sp³-hybridized carbons (Fsp3) is 0.0588. The lowest BCUT2D eigenvalue weighted by Gasteiger charge is -2.04. The van der Waals surface area contributed by atoms with Gasteiger partial charge in [0.25, 0.3) is 5.95 Å². The molecule has 0 saturated carbocycles. The number of fused-ring (bicyclic) bond motifs is 3. The monoisotopic (exact) mass is 337 g/mol. The molecule has 0 bridgehead atoms. The molecule has 0 aliphatic rings. The van der Waals surface area contributed by atoms with Crippen molar-refractivity contribution in [2.75, 3.05) is 0 Å². The van der Waals surface area contributed by atoms with E-state index in [1.54, 1.807) is 34.9 Å². The highest BCUT2D eigenvalue weighted by Crippen LogP contribution is 2.25. The van der Waals surface area contributed by atoms with Gasteiger partial charge in [0.1, 0.15) is 5.75 Å². The Morgan fingerprint density at radius 2 is 1.92 bits per heavy atom. The number of aromatic hydroxyl groups is 1. The summed E-state index contributed by atoms with van der Waals surface area (Å²) in [6, 6.07) is 12.6. The number of benzene rings is 2. The molecule has 2 heterocycles. The predicted octanol–water partition coefficient (Wildman–Crippen LogP) is 3.70. The Morgan fingerprint density at radius 3 is 2.71 bits per heavy atom. The quantitative estimate of drug-likeness (QED) is 0.566. The number of aromatic nitrogens is 4. The third-order valence-corrected chi connectivity index (χ3v) is 3.90. The fourth-order valence-corrected chi connectivity index (χ4v) is 2.68. The van der Waals surface area contributed by atoms with Gasteiger partial charge in [-0.2, -0.15) is 0 Å². The second kappa shape index (κ2) is 5.58. The number of nitrogens with zero attached hydrogens (tertiary/aromatic N) is 5. The van der Waals surface area contributed by atoms with Crippen LogP contribution in [0.5, 0.6) is 5.75 Å². The van der Waals surface area contributed by atoms with Crippen LogP contribution in [0, 0.1) is 6.92 Å². The van der Waals surface area contributed by atoms with E-state index in [0.717, 1.165) is 22.2 Å². The molecule has 4 rings (SSSR count). The predicted molar refractivity (Wildman–Crippen MR) is 93.4 cm³/mol. The summed E-state index contributed by atoms with van der Waals surface area (Å²) in [5.74, 6) is 0.623. The van der Waals surface area contributed by atoms with Gasteiger partial charge in [0, 0.05) is 6.21 Å². The summed E-state index contributed by atoms with van der Waals surface area (Å²) in [5, 5.41) is 17.8. The van der Waals surface area contributed by atoms with Crippen LogP contribution in [-0.2, 0) is 0 Å². The highest BCUT2D eigenvalue weighted by molar-refractivity contribution is 6.32. The first kappa shape index (κ1) is 14.6. The molecule has 24 heavy (non-hydrogen) atoms. The maximum absolute atomic E-state index is 9.33. The summed E-state index contributed by atoms with van der Waals surface area (Å²) in [6.07, 6.45) is 1.66. The van der Waals surface area contributed by atoms with Crippen molar-refractivity contribution >= 4 is 40.4 Å². The van der Waals surface area contributed by atoms with Crippen LogP contribution in [0.15, 0.2) is 47.5 Å². The molecule has 0 saturated heterocycles. The minimum Gasteiger partial charge on any atom is -0.508 e. The van der Waals surface area contributed by atoms with Gasteiger partial charge in [0.15, 0.2) is 5.15 Å². The van der Waals surface area contributed by atoms with Crippen LogP contribution in [-0.4, -0.2) is 30.9 Å². The molecule has 0 atom stereocenters. The molecule has 118 valence electrons. The van der Waals surface area contributed by atoms with Gasteiger partial charge < -0.3 is 5.11 Å². The topological polar surface area (TPSA) is 75.7 Å². The average Bonchev–Trinajstić information content (AvgIpc) is 3.00. The van der Waals surface area contributed by atoms with Gasteiger partial charge in [0.05, 0.1) is 11.0 Å². The Hall–Kier alpha value is -2.99. The zero-order chi connectivity index (χ0) is 16.7. The van der Waals surface area contributed by atoms with E-state index < -0.39 is 0 Å². The summed E-state index contributed by atoms with van der Waals surface area (Å²) in [4.78, 5) is 8.76. The van der Waals surface area contributed by atoms with Crippen LogP contribution in [0.1, 0.15) is 11.1 Å². The van der Waals surface area contributed by atoms with Crippen LogP contribution in [0.4, 0.5) is 5.95 Å². The molecule has 0 fully saturated rings. The van der Waals surface area contributed by atoms with Crippen molar-refractivity contribution in [1.29, 1.82) is 0 Å². The molecule has 1 N–H and O–H groups in total. The van der Waals surface area contributed by atoms with Crippen molar-refractivity contribution in [3.63, 3.8) is 0 Å². The Labute approximate surface area is 142 Å². The lowest BCUT2D eigenvalue weighted by atomic mass is 10.2. The number of aliphatic imine (C=N–C) groups is 1. The van der Waals surface area contributed by atoms with Crippen LogP contribution >= 0.6 is 11.6 Å². The fourth-order valence-electron chi connectivity index (χ4n) is 2.47. The highest BCUT2D eigenvalue weighted by Gasteiger charge is 2.13. The van der Waals surface area contributed by atoms with Crippen LogP contribution in [0.3, 0.4) is 0 Å². The molecule has 0 unspecified atom stereocenters. The standard InChI is InChI=1S/C17H12ClN5O/c1-10-2-7-13-14(8-10)23-16(15(18)20-13)21-22-17(23)19-9-11-3-5-12(24)6-4-11/h2-9,24H,1H3/b19-9+. The number of rotatable bonds is 2. The molecule has 2 aromatic heterocycles. The van der Waals surface area contributed by atoms with E-state index >= 15 is 0 Å². The highest BCUT2D eigenvalue weighted by atomic mass is 35.5. The van der Waals surface area contributed by atoms with Gasteiger partial charge in [-0.1, -0.05) is 17.7 Å². The molecule has 0 amide bonds. The van der Waals surface area contributed by atoms with Crippen LogP contribution in [0.2, 0.25) is 5.15 Å². The average molecular weight is 338 g/mol. The maximum atomic E-state index is 9.33. The van der Waals surface area contributed by atoms with E-state index in [9.17, 15) is 5.11 Å². The van der Waals surface area contributed by atoms with Gasteiger partial charge in [-0.05, 0) is 54.4 Å². The number of aryl methyl sites for hydroxylation is 1. The van der Waals surface area contributed by atoms with E-state index in [-0.39, 0.29) is 10.9 Å². The van der Waals surface area contributed by atoms with E-state index in [2.05, 4.69) is 20.2 Å². The molecular formula is C17H12ClN5O. The molecule has 0 aliphatic heterocycles. The third-order valence-electron chi connectivity index (χ3n) is 3.64. The second-order valence-corrected chi connectivity index (χ2v) is 5.76. The first-order valence-corrected chi connectivity index (χ1v) is 7.64. The summed E-state index contributed by atoms with van der Waals surface area (Å²) in [7, 11) is 0. The van der Waals surface area contributed by atoms with Crippen molar-refractivity contribution in [3.05, 3.63) is 58.7 Å². The smallest absolute Gasteiger partial charge is 0.255 e. The number of phenols is 1. The largest absolute Gasteiger partial charge is 0.508 e. The zero-order valence-corrected chi connectivity index (χ0v) is 13.4. The van der Waals surface area contributed by atoms with Crippen molar-refractivity contribution < 1.29 is 5.11 Å². The molecule has 4 aromatic rings. The SMILES string of the molecule is Cc1ccc2nc(Cl)c3nnc(/N=C/c4ccc(O)cc4)n3c2c1. The Morgan fingerprint density at radius 1 is 1.12 bits per heavy atom. The summed E-state index contributed by atoms with van der Waals surface area (Å²) in [5.41, 5.74) is 3.99. The van der Waals surface area contributed by atoms with Crippen LogP contribution < -0.4 is 0 Å². The van der Waals surface area contributed by atoms with Crippen molar-refractivity contribution in [2.45, 2.75) is 6.92 Å². The van der Waals surface area contributed by atoms with E-state index in [1.165, 1.54) is 0 Å². The first-order valence-electron chi connectivity index (χ1n) is 7.26. The molecule has 0 radical (unpaired) electrons. The van der Waals surface area contributed by atoms with Gasteiger partial charge in [-0.15, -0.1) is 10.2 Å². The Kier molecular flexibility index (Phi) is 3.39. The number of halogens is 1. The molecule has 2 aromatic carbocycles. The van der Waals surface area contributed by atoms with E-state index in [0.29, 0.717) is 11.6 Å². The van der Waals surface area contributed by atoms with Gasteiger partial charge >= 0.3 is 0 Å². The number of phenolic OH excluding ortho intramolecular Hbond substituents is 1. The Bertz CT molecular complexity index is 1090. The summed E-state index contributed by atoms with van der Waals surface area (Å²) < 4.78 is 1.79. The zero-order valence-electron chi connectivity index (χ0n) is 12.7. The number of hydrogen-bond acceptors (Lipinski definition) is 5. The van der Waals surface area contributed by atoms with Gasteiger partial charge in [-0.25, -0.2) is 9.98 Å². The molecule has 0 spiro atoms. The summed E-state index contributed by atoms with van der Waals surface area (Å²) in [6.45, 7) is 2.00.